The molecule has 0 saturated carbocycles. The fourth-order valence-corrected chi connectivity index (χ4v) is 2.31. The minimum absolute atomic E-state index is 0.118. The van der Waals surface area contributed by atoms with E-state index in [2.05, 4.69) is 10.3 Å². The van der Waals surface area contributed by atoms with Gasteiger partial charge in [-0.3, -0.25) is 14.7 Å². The second kappa shape index (κ2) is 7.13. The molecule has 1 N–H and O–H groups in total. The van der Waals surface area contributed by atoms with Crippen LogP contribution >= 0.6 is 0 Å². The highest BCUT2D eigenvalue weighted by Crippen LogP contribution is 2.19. The van der Waals surface area contributed by atoms with Crippen LogP contribution in [0.25, 0.3) is 0 Å². The van der Waals surface area contributed by atoms with Crippen LogP contribution in [0.5, 0.6) is 0 Å². The van der Waals surface area contributed by atoms with E-state index in [1.807, 2.05) is 32.0 Å². The third-order valence-corrected chi connectivity index (χ3v) is 3.54. The Hall–Kier alpha value is -2.27. The molecule has 1 unspecified atom stereocenters. The molecule has 0 spiro atoms. The minimum Gasteiger partial charge on any atom is -0.350 e. The SMILES string of the molecule is Cc1cnccc1CNC(=O)C(c1ccc(F)cc1)N(C)C. The monoisotopic (exact) mass is 301 g/mol. The molecule has 22 heavy (non-hydrogen) atoms. The van der Waals surface area contributed by atoms with Crippen molar-refractivity contribution in [2.75, 3.05) is 14.1 Å². The number of pyridine rings is 1. The molecule has 1 amide bonds. The van der Waals surface area contributed by atoms with Crippen LogP contribution in [-0.2, 0) is 11.3 Å². The molecular weight excluding hydrogens is 281 g/mol. The smallest absolute Gasteiger partial charge is 0.242 e. The number of hydrogen-bond donors (Lipinski definition) is 1. The first-order chi connectivity index (χ1) is 10.5. The van der Waals surface area contributed by atoms with Crippen LogP contribution in [0.3, 0.4) is 0 Å². The van der Waals surface area contributed by atoms with Crippen LogP contribution in [0.4, 0.5) is 4.39 Å². The number of aromatic nitrogens is 1. The number of hydrogen-bond acceptors (Lipinski definition) is 3. The molecule has 0 aliphatic rings. The number of amides is 1. The second-order valence-electron chi connectivity index (χ2n) is 5.44. The van der Waals surface area contributed by atoms with Crippen molar-refractivity contribution in [3.8, 4) is 0 Å². The van der Waals surface area contributed by atoms with Crippen LogP contribution in [-0.4, -0.2) is 29.9 Å². The topological polar surface area (TPSA) is 45.2 Å². The van der Waals surface area contributed by atoms with Gasteiger partial charge in [0.25, 0.3) is 0 Å². The van der Waals surface area contributed by atoms with Gasteiger partial charge in [-0.1, -0.05) is 12.1 Å². The highest BCUT2D eigenvalue weighted by molar-refractivity contribution is 5.83. The third-order valence-electron chi connectivity index (χ3n) is 3.54. The summed E-state index contributed by atoms with van der Waals surface area (Å²) in [6.07, 6.45) is 3.47. The van der Waals surface area contributed by atoms with Gasteiger partial charge >= 0.3 is 0 Å². The average molecular weight is 301 g/mol. The molecule has 0 aliphatic heterocycles. The van der Waals surface area contributed by atoms with E-state index in [4.69, 9.17) is 0 Å². The maximum atomic E-state index is 13.0. The zero-order valence-corrected chi connectivity index (χ0v) is 13.0. The van der Waals surface area contributed by atoms with Crippen molar-refractivity contribution < 1.29 is 9.18 Å². The summed E-state index contributed by atoms with van der Waals surface area (Å²) in [5.74, 6) is -0.429. The normalized spacial score (nSPS) is 12.2. The number of nitrogens with one attached hydrogen (secondary N) is 1. The molecule has 0 fully saturated rings. The van der Waals surface area contributed by atoms with Gasteiger partial charge in [0.15, 0.2) is 0 Å². The van der Waals surface area contributed by atoms with Crippen molar-refractivity contribution in [1.29, 1.82) is 0 Å². The van der Waals surface area contributed by atoms with Crippen molar-refractivity contribution in [2.45, 2.75) is 19.5 Å². The molecule has 1 aromatic carbocycles. The average Bonchev–Trinajstić information content (AvgIpc) is 2.48. The summed E-state index contributed by atoms with van der Waals surface area (Å²) in [7, 11) is 3.65. The third kappa shape index (κ3) is 3.89. The van der Waals surface area contributed by atoms with E-state index in [-0.39, 0.29) is 11.7 Å². The van der Waals surface area contributed by atoms with Crippen LogP contribution < -0.4 is 5.32 Å². The molecule has 0 saturated heterocycles. The van der Waals surface area contributed by atoms with E-state index in [1.165, 1.54) is 12.1 Å². The Labute approximate surface area is 130 Å². The lowest BCUT2D eigenvalue weighted by Gasteiger charge is -2.24. The van der Waals surface area contributed by atoms with Crippen LogP contribution in [0.1, 0.15) is 22.7 Å². The van der Waals surface area contributed by atoms with E-state index in [0.29, 0.717) is 6.54 Å². The Bertz CT molecular complexity index is 641. The first kappa shape index (κ1) is 16.1. The maximum Gasteiger partial charge on any atom is 0.242 e. The van der Waals surface area contributed by atoms with Gasteiger partial charge in [0, 0.05) is 18.9 Å². The largest absolute Gasteiger partial charge is 0.350 e. The fraction of sp³-hybridized carbons (Fsp3) is 0.294. The predicted molar refractivity (Wildman–Crippen MR) is 83.6 cm³/mol. The molecule has 116 valence electrons. The van der Waals surface area contributed by atoms with Crippen molar-refractivity contribution >= 4 is 5.91 Å². The van der Waals surface area contributed by atoms with Gasteiger partial charge < -0.3 is 5.32 Å². The predicted octanol–water partition coefficient (Wildman–Crippen LogP) is 2.45. The summed E-state index contributed by atoms with van der Waals surface area (Å²) in [6, 6.07) is 7.44. The van der Waals surface area contributed by atoms with E-state index >= 15 is 0 Å². The Balaban J connectivity index is 2.10. The van der Waals surface area contributed by atoms with Crippen LogP contribution in [0.15, 0.2) is 42.7 Å². The van der Waals surface area contributed by atoms with Gasteiger partial charge in [-0.2, -0.15) is 0 Å². The van der Waals surface area contributed by atoms with Crippen molar-refractivity contribution in [2.24, 2.45) is 0 Å². The lowest BCUT2D eigenvalue weighted by Crippen LogP contribution is -2.36. The van der Waals surface area contributed by atoms with Gasteiger partial charge in [0.2, 0.25) is 5.91 Å². The highest BCUT2D eigenvalue weighted by Gasteiger charge is 2.22. The Morgan fingerprint density at radius 3 is 2.55 bits per heavy atom. The molecule has 4 nitrogen and oxygen atoms in total. The molecule has 2 rings (SSSR count). The van der Waals surface area contributed by atoms with Crippen molar-refractivity contribution in [1.82, 2.24) is 15.2 Å². The standard InChI is InChI=1S/C17H20FN3O/c1-12-10-19-9-8-14(12)11-20-17(22)16(21(2)3)13-4-6-15(18)7-5-13/h4-10,16H,11H2,1-3H3,(H,20,22). The van der Waals surface area contributed by atoms with Crippen LogP contribution in [0.2, 0.25) is 0 Å². The number of carbonyl (C=O) groups excluding carboxylic acids is 1. The van der Waals surface area contributed by atoms with Crippen LogP contribution in [0, 0.1) is 12.7 Å². The summed E-state index contributed by atoms with van der Waals surface area (Å²) in [4.78, 5) is 18.3. The zero-order valence-electron chi connectivity index (χ0n) is 13.0. The highest BCUT2D eigenvalue weighted by atomic mass is 19.1. The number of benzene rings is 1. The summed E-state index contributed by atoms with van der Waals surface area (Å²) in [5.41, 5.74) is 2.82. The number of halogens is 1. The molecule has 1 aromatic heterocycles. The quantitative estimate of drug-likeness (QED) is 0.922. The van der Waals surface area contributed by atoms with Gasteiger partial charge in [-0.05, 0) is 55.9 Å². The molecule has 0 radical (unpaired) electrons. The summed E-state index contributed by atoms with van der Waals surface area (Å²) in [6.45, 7) is 2.40. The molecule has 0 aliphatic carbocycles. The van der Waals surface area contributed by atoms with Crippen molar-refractivity contribution in [3.05, 3.63) is 65.2 Å². The van der Waals surface area contributed by atoms with Gasteiger partial charge in [0.1, 0.15) is 11.9 Å². The summed E-state index contributed by atoms with van der Waals surface area (Å²) in [5, 5.41) is 2.93. The van der Waals surface area contributed by atoms with E-state index in [0.717, 1.165) is 16.7 Å². The maximum absolute atomic E-state index is 13.0. The van der Waals surface area contributed by atoms with E-state index < -0.39 is 6.04 Å². The first-order valence-corrected chi connectivity index (χ1v) is 7.08. The molecule has 1 atom stereocenters. The fourth-order valence-electron chi connectivity index (χ4n) is 2.31. The Morgan fingerprint density at radius 1 is 1.27 bits per heavy atom. The molecule has 0 bridgehead atoms. The van der Waals surface area contributed by atoms with Crippen molar-refractivity contribution in [3.63, 3.8) is 0 Å². The Morgan fingerprint density at radius 2 is 1.95 bits per heavy atom. The number of nitrogens with zero attached hydrogens (tertiary/aromatic N) is 2. The Kier molecular flexibility index (Phi) is 5.22. The van der Waals surface area contributed by atoms with E-state index in [1.54, 1.807) is 24.5 Å². The lowest BCUT2D eigenvalue weighted by atomic mass is 10.0. The zero-order chi connectivity index (χ0) is 16.1. The molecule has 2 aromatic rings. The molecular formula is C17H20FN3O. The minimum atomic E-state index is -0.456. The van der Waals surface area contributed by atoms with Gasteiger partial charge in [-0.15, -0.1) is 0 Å². The second-order valence-corrected chi connectivity index (χ2v) is 5.44. The number of carbonyl (C=O) groups is 1. The number of rotatable bonds is 5. The molecule has 5 heteroatoms. The number of likely N-dealkylation sites (N-methyl/N-ethyl adjacent to an activating group) is 1. The number of aryl methyl sites for hydroxylation is 1. The van der Waals surface area contributed by atoms with E-state index in [9.17, 15) is 9.18 Å². The summed E-state index contributed by atoms with van der Waals surface area (Å²) < 4.78 is 13.0. The van der Waals surface area contributed by atoms with Gasteiger partial charge in [0.05, 0.1) is 0 Å². The molecule has 1 heterocycles. The first-order valence-electron chi connectivity index (χ1n) is 7.08. The van der Waals surface area contributed by atoms with Gasteiger partial charge in [-0.25, -0.2) is 4.39 Å². The lowest BCUT2D eigenvalue weighted by molar-refractivity contribution is -0.125. The summed E-state index contributed by atoms with van der Waals surface area (Å²) >= 11 is 0.